The fourth-order valence-electron chi connectivity index (χ4n) is 3.54. The molecule has 0 aromatic heterocycles. The largest absolute Gasteiger partial charge is 0.379 e. The molecule has 184 valence electrons. The van der Waals surface area contributed by atoms with Crippen molar-refractivity contribution < 1.29 is 18.9 Å². The first-order chi connectivity index (χ1) is 15.4. The lowest BCUT2D eigenvalue weighted by Crippen LogP contribution is -2.12. The topological polar surface area (TPSA) is 36.9 Å². The van der Waals surface area contributed by atoms with Gasteiger partial charge in [0.1, 0.15) is 6.61 Å². The monoisotopic (exact) mass is 440 g/mol. The van der Waals surface area contributed by atoms with Crippen molar-refractivity contribution in [3.8, 4) is 12.3 Å². The van der Waals surface area contributed by atoms with E-state index >= 15 is 0 Å². The highest BCUT2D eigenvalue weighted by atomic mass is 16.6. The Bertz CT molecular complexity index is 354. The Hall–Kier alpha value is -0.600. The summed E-state index contributed by atoms with van der Waals surface area (Å²) in [4.78, 5) is 0. The van der Waals surface area contributed by atoms with E-state index in [2.05, 4.69) is 12.8 Å². The molecular formula is C27H52O4. The molecule has 0 bridgehead atoms. The van der Waals surface area contributed by atoms with Crippen molar-refractivity contribution in [2.24, 2.45) is 0 Å². The Morgan fingerprint density at radius 2 is 0.742 bits per heavy atom. The van der Waals surface area contributed by atoms with E-state index in [0.717, 1.165) is 6.61 Å². The molecule has 4 heteroatoms. The highest BCUT2D eigenvalue weighted by molar-refractivity contribution is 4.82. The minimum absolute atomic E-state index is 0.344. The lowest BCUT2D eigenvalue weighted by molar-refractivity contribution is 0.000914. The summed E-state index contributed by atoms with van der Waals surface area (Å²) >= 11 is 0. The maximum Gasteiger partial charge on any atom is 0.107 e. The fraction of sp³-hybridized carbons (Fsp3) is 0.926. The van der Waals surface area contributed by atoms with Gasteiger partial charge in [-0.3, -0.25) is 0 Å². The molecule has 0 saturated heterocycles. The van der Waals surface area contributed by atoms with Gasteiger partial charge in [0.2, 0.25) is 0 Å². The van der Waals surface area contributed by atoms with Crippen LogP contribution < -0.4 is 0 Å². The van der Waals surface area contributed by atoms with Crippen molar-refractivity contribution in [1.82, 2.24) is 0 Å². The molecule has 0 aliphatic rings. The zero-order valence-corrected chi connectivity index (χ0v) is 20.7. The van der Waals surface area contributed by atoms with Crippen LogP contribution in [0.2, 0.25) is 0 Å². The first kappa shape index (κ1) is 30.4. The molecule has 31 heavy (non-hydrogen) atoms. The van der Waals surface area contributed by atoms with Crippen molar-refractivity contribution in [2.45, 2.75) is 110 Å². The van der Waals surface area contributed by atoms with Crippen LogP contribution in [0.4, 0.5) is 0 Å². The quantitative estimate of drug-likeness (QED) is 0.102. The van der Waals surface area contributed by atoms with E-state index in [1.165, 1.54) is 103 Å². The van der Waals surface area contributed by atoms with Crippen LogP contribution in [0.3, 0.4) is 0 Å². The maximum absolute atomic E-state index is 5.62. The van der Waals surface area contributed by atoms with E-state index in [1.54, 1.807) is 0 Å². The second kappa shape index (κ2) is 29.4. The van der Waals surface area contributed by atoms with Crippen molar-refractivity contribution in [3.63, 3.8) is 0 Å². The minimum atomic E-state index is 0.344. The van der Waals surface area contributed by atoms with Crippen molar-refractivity contribution in [1.29, 1.82) is 0 Å². The fourth-order valence-corrected chi connectivity index (χ4v) is 3.54. The van der Waals surface area contributed by atoms with Gasteiger partial charge in [0.05, 0.1) is 39.6 Å². The second-order valence-electron chi connectivity index (χ2n) is 8.40. The Morgan fingerprint density at radius 3 is 1.13 bits per heavy atom. The zero-order valence-electron chi connectivity index (χ0n) is 20.7. The highest BCUT2D eigenvalue weighted by Crippen LogP contribution is 2.13. The summed E-state index contributed by atoms with van der Waals surface area (Å²) in [6.07, 6.45) is 27.5. The molecule has 0 aromatic carbocycles. The predicted octanol–water partition coefficient (Wildman–Crippen LogP) is 6.95. The summed E-state index contributed by atoms with van der Waals surface area (Å²) in [5.41, 5.74) is 0. The van der Waals surface area contributed by atoms with Gasteiger partial charge in [0, 0.05) is 6.61 Å². The van der Waals surface area contributed by atoms with Gasteiger partial charge in [0.15, 0.2) is 0 Å². The third-order valence-electron chi connectivity index (χ3n) is 5.44. The van der Waals surface area contributed by atoms with Crippen LogP contribution in [0.15, 0.2) is 0 Å². The average Bonchev–Trinajstić information content (AvgIpc) is 2.78. The smallest absolute Gasteiger partial charge is 0.107 e. The average molecular weight is 441 g/mol. The van der Waals surface area contributed by atoms with Crippen LogP contribution in [0.25, 0.3) is 0 Å². The molecule has 0 unspecified atom stereocenters. The van der Waals surface area contributed by atoms with Gasteiger partial charge in [-0.1, -0.05) is 109 Å². The van der Waals surface area contributed by atoms with Crippen LogP contribution in [-0.4, -0.2) is 52.9 Å². The lowest BCUT2D eigenvalue weighted by atomic mass is 10.0. The summed E-state index contributed by atoms with van der Waals surface area (Å²) in [5.74, 6) is 2.42. The molecule has 0 atom stereocenters. The van der Waals surface area contributed by atoms with Crippen LogP contribution in [0.1, 0.15) is 110 Å². The van der Waals surface area contributed by atoms with Crippen LogP contribution in [-0.2, 0) is 18.9 Å². The number of hydrogen-bond acceptors (Lipinski definition) is 4. The summed E-state index contributed by atoms with van der Waals surface area (Å²) in [7, 11) is 0. The van der Waals surface area contributed by atoms with Gasteiger partial charge in [0.25, 0.3) is 0 Å². The summed E-state index contributed by atoms with van der Waals surface area (Å²) in [6.45, 7) is 7.06. The van der Waals surface area contributed by atoms with Crippen LogP contribution in [0.5, 0.6) is 0 Å². The molecule has 0 heterocycles. The number of terminal acetylenes is 1. The van der Waals surface area contributed by atoms with E-state index in [4.69, 9.17) is 25.4 Å². The third-order valence-corrected chi connectivity index (χ3v) is 5.44. The van der Waals surface area contributed by atoms with E-state index in [0.29, 0.717) is 46.2 Å². The van der Waals surface area contributed by atoms with E-state index < -0.39 is 0 Å². The molecule has 0 radical (unpaired) electrons. The Morgan fingerprint density at radius 1 is 0.419 bits per heavy atom. The standard InChI is InChI=1S/C27H52O4/c1-3-5-6-7-8-9-10-11-12-13-14-15-16-17-18-19-21-29-23-25-31-27-26-30-24-22-28-20-4-2/h2H,3,5-27H2,1H3. The van der Waals surface area contributed by atoms with Gasteiger partial charge in [-0.05, 0) is 6.42 Å². The highest BCUT2D eigenvalue weighted by Gasteiger charge is 1.96. The van der Waals surface area contributed by atoms with Crippen molar-refractivity contribution in [2.75, 3.05) is 52.9 Å². The molecule has 0 spiro atoms. The van der Waals surface area contributed by atoms with Crippen LogP contribution in [0, 0.1) is 12.3 Å². The molecule has 0 amide bonds. The van der Waals surface area contributed by atoms with Crippen LogP contribution >= 0.6 is 0 Å². The van der Waals surface area contributed by atoms with E-state index in [1.807, 2.05) is 0 Å². The number of hydrogen-bond donors (Lipinski definition) is 0. The predicted molar refractivity (Wildman–Crippen MR) is 132 cm³/mol. The number of unbranched alkanes of at least 4 members (excludes halogenated alkanes) is 15. The zero-order chi connectivity index (χ0) is 22.5. The summed E-state index contributed by atoms with van der Waals surface area (Å²) in [6, 6.07) is 0. The molecule has 0 aliphatic heterocycles. The van der Waals surface area contributed by atoms with E-state index in [9.17, 15) is 0 Å². The lowest BCUT2D eigenvalue weighted by Gasteiger charge is -2.07. The molecule has 0 rings (SSSR count). The first-order valence-electron chi connectivity index (χ1n) is 13.2. The van der Waals surface area contributed by atoms with Gasteiger partial charge in [-0.25, -0.2) is 0 Å². The summed E-state index contributed by atoms with van der Waals surface area (Å²) in [5, 5.41) is 0. The maximum atomic E-state index is 5.62. The Balaban J connectivity index is 2.99. The van der Waals surface area contributed by atoms with Gasteiger partial charge >= 0.3 is 0 Å². The third kappa shape index (κ3) is 29.4. The Kier molecular flexibility index (Phi) is 28.8. The van der Waals surface area contributed by atoms with Crippen molar-refractivity contribution in [3.05, 3.63) is 0 Å². The minimum Gasteiger partial charge on any atom is -0.379 e. The van der Waals surface area contributed by atoms with Gasteiger partial charge < -0.3 is 18.9 Å². The van der Waals surface area contributed by atoms with E-state index in [-0.39, 0.29) is 0 Å². The number of ether oxygens (including phenoxy) is 4. The normalized spacial score (nSPS) is 11.1. The molecule has 0 aromatic rings. The van der Waals surface area contributed by atoms with Gasteiger partial charge in [-0.15, -0.1) is 6.42 Å². The molecule has 0 fully saturated rings. The molecule has 0 aliphatic carbocycles. The second-order valence-corrected chi connectivity index (χ2v) is 8.40. The first-order valence-corrected chi connectivity index (χ1v) is 13.2. The van der Waals surface area contributed by atoms with Gasteiger partial charge in [-0.2, -0.15) is 0 Å². The SMILES string of the molecule is C#CCOCCOCCOCCOCCCCCCCCCCCCCCCCCC. The summed E-state index contributed by atoms with van der Waals surface area (Å²) < 4.78 is 21.6. The van der Waals surface area contributed by atoms with Crippen molar-refractivity contribution >= 4 is 0 Å². The molecule has 0 N–H and O–H groups in total. The molecular weight excluding hydrogens is 388 g/mol. The Labute approximate surface area is 194 Å². The number of rotatable bonds is 27. The molecule has 4 nitrogen and oxygen atoms in total. The molecule has 0 saturated carbocycles.